The third-order valence-electron chi connectivity index (χ3n) is 5.79. The smallest absolute Gasteiger partial charge is 0.191 e. The van der Waals surface area contributed by atoms with Gasteiger partial charge in [-0.25, -0.2) is 0 Å². The number of nitrogens with zero attached hydrogens (tertiary/aromatic N) is 1. The Morgan fingerprint density at radius 3 is 2.63 bits per heavy atom. The molecule has 7 heteroatoms. The van der Waals surface area contributed by atoms with Crippen LogP contribution in [0.4, 0.5) is 0 Å². The third-order valence-corrected chi connectivity index (χ3v) is 5.79. The first-order valence-corrected chi connectivity index (χ1v) is 11.3. The molecule has 1 aromatic carbocycles. The number of guanidine groups is 1. The molecule has 0 amide bonds. The molecule has 1 heterocycles. The van der Waals surface area contributed by atoms with Gasteiger partial charge in [-0.3, -0.25) is 4.99 Å². The van der Waals surface area contributed by atoms with Crippen LogP contribution < -0.4 is 20.1 Å². The molecule has 0 spiro atoms. The Morgan fingerprint density at radius 1 is 1.07 bits per heavy atom. The minimum Gasteiger partial charge on any atom is -0.486 e. The SMILES string of the molecule is CCNC(=NCC1(c2ccc3c(c2)OCCO3)CCCC1)NCCCOCCOC. The maximum Gasteiger partial charge on any atom is 0.191 e. The summed E-state index contributed by atoms with van der Waals surface area (Å²) in [5, 5.41) is 6.81. The Kier molecular flexibility index (Phi) is 9.08. The van der Waals surface area contributed by atoms with E-state index in [2.05, 4.69) is 35.8 Å². The molecule has 0 aromatic heterocycles. The summed E-state index contributed by atoms with van der Waals surface area (Å²) in [6, 6.07) is 6.43. The lowest BCUT2D eigenvalue weighted by atomic mass is 9.79. The van der Waals surface area contributed by atoms with Crippen molar-refractivity contribution >= 4 is 5.96 Å². The average Bonchev–Trinajstić information content (AvgIpc) is 3.26. The van der Waals surface area contributed by atoms with E-state index < -0.39 is 0 Å². The molecule has 1 fully saturated rings. The van der Waals surface area contributed by atoms with Gasteiger partial charge in [0.2, 0.25) is 0 Å². The van der Waals surface area contributed by atoms with Crippen molar-refractivity contribution in [1.82, 2.24) is 10.6 Å². The minimum atomic E-state index is 0.0709. The van der Waals surface area contributed by atoms with Crippen LogP contribution in [0.2, 0.25) is 0 Å². The first-order chi connectivity index (χ1) is 14.8. The van der Waals surface area contributed by atoms with E-state index in [1.807, 2.05) is 0 Å². The molecule has 3 rings (SSSR count). The van der Waals surface area contributed by atoms with Crippen molar-refractivity contribution in [3.63, 3.8) is 0 Å². The predicted molar refractivity (Wildman–Crippen MR) is 119 cm³/mol. The van der Waals surface area contributed by atoms with E-state index in [0.717, 1.165) is 63.0 Å². The molecule has 2 aliphatic rings. The van der Waals surface area contributed by atoms with Crippen molar-refractivity contribution in [2.24, 2.45) is 4.99 Å². The zero-order valence-corrected chi connectivity index (χ0v) is 18.5. The second-order valence-electron chi connectivity index (χ2n) is 7.93. The first-order valence-electron chi connectivity index (χ1n) is 11.3. The molecule has 2 N–H and O–H groups in total. The number of hydrogen-bond acceptors (Lipinski definition) is 5. The van der Waals surface area contributed by atoms with Crippen molar-refractivity contribution < 1.29 is 18.9 Å². The molecule has 30 heavy (non-hydrogen) atoms. The standard InChI is InChI=1S/C23H37N3O4/c1-3-24-22(25-11-6-12-28-14-13-27-2)26-18-23(9-4-5-10-23)19-7-8-20-21(17-19)30-16-15-29-20/h7-8,17H,3-6,9-16,18H2,1-2H3,(H2,24,25,26). The lowest BCUT2D eigenvalue weighted by molar-refractivity contribution is 0.0698. The molecule has 1 aliphatic carbocycles. The van der Waals surface area contributed by atoms with Gasteiger partial charge >= 0.3 is 0 Å². The van der Waals surface area contributed by atoms with Gasteiger partial charge in [0.15, 0.2) is 17.5 Å². The van der Waals surface area contributed by atoms with Crippen LogP contribution in [0.25, 0.3) is 0 Å². The fourth-order valence-corrected chi connectivity index (χ4v) is 4.16. The van der Waals surface area contributed by atoms with Gasteiger partial charge in [-0.15, -0.1) is 0 Å². The number of hydrogen-bond donors (Lipinski definition) is 2. The summed E-state index contributed by atoms with van der Waals surface area (Å²) in [5.74, 6) is 2.59. The summed E-state index contributed by atoms with van der Waals surface area (Å²) in [5.41, 5.74) is 1.39. The number of fused-ring (bicyclic) bond motifs is 1. The van der Waals surface area contributed by atoms with Gasteiger partial charge in [-0.2, -0.15) is 0 Å². The zero-order chi connectivity index (χ0) is 21.1. The summed E-state index contributed by atoms with van der Waals surface area (Å²) in [7, 11) is 1.69. The molecule has 0 unspecified atom stereocenters. The van der Waals surface area contributed by atoms with Gasteiger partial charge in [0.1, 0.15) is 13.2 Å². The maximum absolute atomic E-state index is 5.83. The Labute approximate surface area is 180 Å². The highest BCUT2D eigenvalue weighted by Crippen LogP contribution is 2.44. The molecule has 0 radical (unpaired) electrons. The molecular formula is C23H37N3O4. The summed E-state index contributed by atoms with van der Waals surface area (Å²) in [6.07, 6.45) is 5.73. The Morgan fingerprint density at radius 2 is 1.87 bits per heavy atom. The first kappa shape index (κ1) is 22.7. The Balaban J connectivity index is 1.60. The molecule has 0 atom stereocenters. The highest BCUT2D eigenvalue weighted by Gasteiger charge is 2.36. The lowest BCUT2D eigenvalue weighted by Crippen LogP contribution is -2.39. The van der Waals surface area contributed by atoms with E-state index in [-0.39, 0.29) is 5.41 Å². The van der Waals surface area contributed by atoms with Gasteiger partial charge < -0.3 is 29.6 Å². The number of benzene rings is 1. The van der Waals surface area contributed by atoms with E-state index in [1.54, 1.807) is 7.11 Å². The average molecular weight is 420 g/mol. The van der Waals surface area contributed by atoms with Gasteiger partial charge in [0.05, 0.1) is 19.8 Å². The highest BCUT2D eigenvalue weighted by molar-refractivity contribution is 5.79. The lowest BCUT2D eigenvalue weighted by Gasteiger charge is -2.30. The number of aliphatic imine (C=N–C) groups is 1. The maximum atomic E-state index is 5.83. The summed E-state index contributed by atoms with van der Waals surface area (Å²) < 4.78 is 22.0. The van der Waals surface area contributed by atoms with Crippen LogP contribution in [0.1, 0.15) is 44.6 Å². The fourth-order valence-electron chi connectivity index (χ4n) is 4.16. The second kappa shape index (κ2) is 12.0. The molecule has 0 saturated heterocycles. The zero-order valence-electron chi connectivity index (χ0n) is 18.5. The van der Waals surface area contributed by atoms with Crippen molar-refractivity contribution in [2.45, 2.75) is 44.4 Å². The summed E-state index contributed by atoms with van der Waals surface area (Å²) >= 11 is 0. The number of nitrogens with one attached hydrogen (secondary N) is 2. The Bertz CT molecular complexity index is 674. The van der Waals surface area contributed by atoms with Crippen molar-refractivity contribution in [3.8, 4) is 11.5 Å². The molecule has 1 saturated carbocycles. The quantitative estimate of drug-likeness (QED) is 0.326. The van der Waals surface area contributed by atoms with Crippen molar-refractivity contribution in [2.75, 3.05) is 59.8 Å². The number of rotatable bonds is 11. The van der Waals surface area contributed by atoms with E-state index in [1.165, 1.54) is 18.4 Å². The number of methoxy groups -OCH3 is 1. The fraction of sp³-hybridized carbons (Fsp3) is 0.696. The van der Waals surface area contributed by atoms with Crippen molar-refractivity contribution in [1.29, 1.82) is 0 Å². The van der Waals surface area contributed by atoms with Crippen LogP contribution >= 0.6 is 0 Å². The number of ether oxygens (including phenoxy) is 4. The minimum absolute atomic E-state index is 0.0709. The van der Waals surface area contributed by atoms with Crippen LogP contribution in [0.5, 0.6) is 11.5 Å². The van der Waals surface area contributed by atoms with Crippen molar-refractivity contribution in [3.05, 3.63) is 23.8 Å². The van der Waals surface area contributed by atoms with Crippen LogP contribution in [-0.2, 0) is 14.9 Å². The van der Waals surface area contributed by atoms with Gasteiger partial charge in [-0.05, 0) is 43.9 Å². The van der Waals surface area contributed by atoms with Crippen LogP contribution in [0.15, 0.2) is 23.2 Å². The molecule has 1 aliphatic heterocycles. The van der Waals surface area contributed by atoms with E-state index in [0.29, 0.717) is 26.4 Å². The van der Waals surface area contributed by atoms with Crippen LogP contribution in [0.3, 0.4) is 0 Å². The highest BCUT2D eigenvalue weighted by atomic mass is 16.6. The van der Waals surface area contributed by atoms with E-state index in [4.69, 9.17) is 23.9 Å². The van der Waals surface area contributed by atoms with E-state index in [9.17, 15) is 0 Å². The summed E-state index contributed by atoms with van der Waals surface area (Å²) in [6.45, 7) is 7.77. The molecule has 168 valence electrons. The molecule has 7 nitrogen and oxygen atoms in total. The monoisotopic (exact) mass is 419 g/mol. The van der Waals surface area contributed by atoms with Gasteiger partial charge in [0.25, 0.3) is 0 Å². The summed E-state index contributed by atoms with van der Waals surface area (Å²) in [4.78, 5) is 4.96. The Hall–Kier alpha value is -1.99. The third kappa shape index (κ3) is 6.25. The normalized spacial score (nSPS) is 17.7. The molecule has 0 bridgehead atoms. The second-order valence-corrected chi connectivity index (χ2v) is 7.93. The largest absolute Gasteiger partial charge is 0.486 e. The topological polar surface area (TPSA) is 73.3 Å². The van der Waals surface area contributed by atoms with Gasteiger partial charge in [-0.1, -0.05) is 18.9 Å². The molecule has 1 aromatic rings. The van der Waals surface area contributed by atoms with Gasteiger partial charge in [0, 0.05) is 32.2 Å². The van der Waals surface area contributed by atoms with Crippen LogP contribution in [-0.4, -0.2) is 65.7 Å². The predicted octanol–water partition coefficient (Wildman–Crippen LogP) is 2.88. The van der Waals surface area contributed by atoms with Crippen LogP contribution in [0, 0.1) is 0 Å². The molecular weight excluding hydrogens is 382 g/mol. The van der Waals surface area contributed by atoms with E-state index >= 15 is 0 Å².